The van der Waals surface area contributed by atoms with Gasteiger partial charge in [0.05, 0.1) is 33.0 Å². The van der Waals surface area contributed by atoms with Crippen molar-refractivity contribution in [1.82, 2.24) is 0 Å². The monoisotopic (exact) mass is 1410 g/mol. The van der Waals surface area contributed by atoms with Crippen LogP contribution in [0.15, 0.2) is 24.3 Å². The molecule has 0 amide bonds. The number of carbonyl (C=O) groups is 4. The zero-order valence-corrected chi connectivity index (χ0v) is 63.2. The molecule has 19 heteroatoms. The molecule has 96 heavy (non-hydrogen) atoms. The van der Waals surface area contributed by atoms with Crippen LogP contribution in [0.25, 0.3) is 0 Å². The first kappa shape index (κ1) is 93.9. The number of hydrogen-bond donors (Lipinski definition) is 3. The van der Waals surface area contributed by atoms with Gasteiger partial charge in [-0.1, -0.05) is 282 Å². The molecule has 0 aliphatic heterocycles. The molecule has 0 aromatic heterocycles. The van der Waals surface area contributed by atoms with Crippen molar-refractivity contribution in [1.29, 1.82) is 0 Å². The number of aliphatic hydroxyl groups is 1. The number of carbonyl (C=O) groups excluding carboxylic acids is 4. The predicted molar refractivity (Wildman–Crippen MR) is 391 cm³/mol. The molecule has 0 heterocycles. The number of rotatable bonds is 80. The Morgan fingerprint density at radius 2 is 0.625 bits per heavy atom. The summed E-state index contributed by atoms with van der Waals surface area (Å²) in [6, 6.07) is 0. The standard InChI is InChI=1S/C77H146O17P2/c1-3-5-7-9-11-13-15-25-31-37-43-49-55-61-76(81)89-70-75(94-77(82)62-56-50-44-38-32-26-16-14-12-10-8-6-4-2)72-93-96(85,86)91-68-73(80)67-90-95(83,84)92-71-74(88-66-60-54-48-42-36-30-24-20-18-22-28-34-40-46-52-58-64-79)69-87-65-59-53-47-41-35-29-23-19-17-21-27-33-39-45-51-57-63-78/h17-18,21-22,63-64,73-75,80H,3-16,19-20,23-62,65-72H2,1-2H3,(H,83,84)(H,85,86)/b21-17-,22-18-/t73-,74-,75-/m1/s1. The van der Waals surface area contributed by atoms with Crippen LogP contribution in [0, 0.1) is 0 Å². The van der Waals surface area contributed by atoms with E-state index in [9.17, 15) is 43.2 Å². The van der Waals surface area contributed by atoms with Gasteiger partial charge in [-0.3, -0.25) is 27.7 Å². The maximum absolute atomic E-state index is 13.1. The van der Waals surface area contributed by atoms with E-state index in [1.807, 2.05) is 0 Å². The minimum Gasteiger partial charge on any atom is -0.462 e. The van der Waals surface area contributed by atoms with Gasteiger partial charge in [-0.05, 0) is 89.9 Å². The van der Waals surface area contributed by atoms with Crippen molar-refractivity contribution in [3.63, 3.8) is 0 Å². The first-order valence-electron chi connectivity index (χ1n) is 39.5. The predicted octanol–water partition coefficient (Wildman–Crippen LogP) is 21.9. The van der Waals surface area contributed by atoms with Gasteiger partial charge < -0.3 is 43.4 Å². The highest BCUT2D eigenvalue weighted by atomic mass is 31.2. The highest BCUT2D eigenvalue weighted by molar-refractivity contribution is 7.47. The summed E-state index contributed by atoms with van der Waals surface area (Å²) in [5, 5.41) is 10.6. The van der Waals surface area contributed by atoms with Gasteiger partial charge in [0, 0.05) is 38.9 Å². The number of aliphatic hydroxyl groups excluding tert-OH is 1. The fourth-order valence-electron chi connectivity index (χ4n) is 11.4. The van der Waals surface area contributed by atoms with Gasteiger partial charge in [0.2, 0.25) is 0 Å². The molecule has 0 radical (unpaired) electrons. The van der Waals surface area contributed by atoms with Gasteiger partial charge in [0.25, 0.3) is 0 Å². The van der Waals surface area contributed by atoms with E-state index in [4.69, 9.17) is 37.0 Å². The fourth-order valence-corrected chi connectivity index (χ4v) is 13.0. The zero-order valence-electron chi connectivity index (χ0n) is 61.4. The number of ether oxygens (including phenoxy) is 4. The summed E-state index contributed by atoms with van der Waals surface area (Å²) >= 11 is 0. The highest BCUT2D eigenvalue weighted by Crippen LogP contribution is 2.45. The normalized spacial score (nSPS) is 14.1. The number of unbranched alkanes of at least 4 members (excludes halogenated alkanes) is 48. The molecule has 0 bridgehead atoms. The largest absolute Gasteiger partial charge is 0.472 e. The van der Waals surface area contributed by atoms with E-state index in [0.29, 0.717) is 38.9 Å². The number of hydrogen-bond acceptors (Lipinski definition) is 15. The van der Waals surface area contributed by atoms with Gasteiger partial charge in [-0.15, -0.1) is 0 Å². The molecular formula is C77H146O17P2. The molecule has 0 aliphatic carbocycles. The molecule has 0 saturated heterocycles. The molecule has 0 aromatic carbocycles. The third-order valence-corrected chi connectivity index (χ3v) is 19.4. The van der Waals surface area contributed by atoms with E-state index in [1.165, 1.54) is 186 Å². The summed E-state index contributed by atoms with van der Waals surface area (Å²) in [4.78, 5) is 68.0. The van der Waals surface area contributed by atoms with E-state index in [-0.39, 0.29) is 32.7 Å². The number of phosphoric ester groups is 2. The number of allylic oxidation sites excluding steroid dienone is 4. The van der Waals surface area contributed by atoms with E-state index in [0.717, 1.165) is 147 Å². The van der Waals surface area contributed by atoms with Crippen molar-refractivity contribution < 1.29 is 80.2 Å². The van der Waals surface area contributed by atoms with Crippen molar-refractivity contribution in [2.75, 3.05) is 52.9 Å². The van der Waals surface area contributed by atoms with Crippen LogP contribution >= 0.6 is 15.6 Å². The lowest BCUT2D eigenvalue weighted by atomic mass is 10.0. The quantitative estimate of drug-likeness (QED) is 0.0169. The van der Waals surface area contributed by atoms with E-state index >= 15 is 0 Å². The molecule has 3 N–H and O–H groups in total. The summed E-state index contributed by atoms with van der Waals surface area (Å²) in [6.07, 6.45) is 68.4. The summed E-state index contributed by atoms with van der Waals surface area (Å²) in [7, 11) is -9.66. The van der Waals surface area contributed by atoms with E-state index in [2.05, 4.69) is 38.2 Å². The second kappa shape index (κ2) is 74.1. The average molecular weight is 1410 g/mol. The lowest BCUT2D eigenvalue weighted by molar-refractivity contribution is -0.161. The first-order valence-corrected chi connectivity index (χ1v) is 42.5. The fraction of sp³-hybridized carbons (Fsp3) is 0.896. The average Bonchev–Trinajstić information content (AvgIpc) is 1.76. The SMILES string of the molecule is CCCCCCCCCCCCCCCC(=O)OC[C@H](COP(=O)(O)OC[C@H](O)COP(=O)(O)OC[C@@H](COCCCCCCCCC/C=C\CCCCCCC=O)OCCCCCCCCC/C=C\CCCCCCC=O)OC(=O)CCCCCCCCCCCCCCC. The molecular weight excluding hydrogens is 1260 g/mol. The highest BCUT2D eigenvalue weighted by Gasteiger charge is 2.30. The number of aldehydes is 2. The molecule has 0 rings (SSSR count). The lowest BCUT2D eigenvalue weighted by Crippen LogP contribution is -2.30. The minimum absolute atomic E-state index is 0.128. The van der Waals surface area contributed by atoms with Crippen molar-refractivity contribution in [2.24, 2.45) is 0 Å². The molecule has 0 spiro atoms. The summed E-state index contributed by atoms with van der Waals surface area (Å²) in [5.74, 6) is -1.01. The lowest BCUT2D eigenvalue weighted by Gasteiger charge is -2.21. The third-order valence-electron chi connectivity index (χ3n) is 17.5. The molecule has 0 aliphatic rings. The van der Waals surface area contributed by atoms with E-state index < -0.39 is 65.7 Å². The molecule has 0 fully saturated rings. The van der Waals surface area contributed by atoms with Crippen molar-refractivity contribution >= 4 is 40.2 Å². The topological polar surface area (TPSA) is 237 Å². The Labute approximate surface area is 586 Å². The van der Waals surface area contributed by atoms with E-state index in [1.54, 1.807) is 0 Å². The van der Waals surface area contributed by atoms with Crippen LogP contribution in [0.4, 0.5) is 0 Å². The van der Waals surface area contributed by atoms with Crippen LogP contribution in [0.1, 0.15) is 373 Å². The minimum atomic E-state index is -4.90. The summed E-state index contributed by atoms with van der Waals surface area (Å²) < 4.78 is 70.0. The van der Waals surface area contributed by atoms with Gasteiger partial charge >= 0.3 is 27.6 Å². The molecule has 2 unspecified atom stereocenters. The van der Waals surface area contributed by atoms with Crippen LogP contribution < -0.4 is 0 Å². The smallest absolute Gasteiger partial charge is 0.462 e. The summed E-state index contributed by atoms with van der Waals surface area (Å²) in [6.45, 7) is 2.61. The Morgan fingerprint density at radius 1 is 0.333 bits per heavy atom. The van der Waals surface area contributed by atoms with Gasteiger partial charge in [0.15, 0.2) is 6.10 Å². The third kappa shape index (κ3) is 73.1. The maximum atomic E-state index is 13.1. The van der Waals surface area contributed by atoms with Crippen molar-refractivity contribution in [3.05, 3.63) is 24.3 Å². The Bertz CT molecular complexity index is 1860. The Kier molecular flexibility index (Phi) is 72.4. The van der Waals surface area contributed by atoms with Gasteiger partial charge in [-0.2, -0.15) is 0 Å². The van der Waals surface area contributed by atoms with Crippen LogP contribution in [-0.2, 0) is 65.4 Å². The second-order valence-corrected chi connectivity index (χ2v) is 29.8. The van der Waals surface area contributed by atoms with Crippen molar-refractivity contribution in [3.8, 4) is 0 Å². The Hall–Kier alpha value is -2.14. The zero-order chi connectivity index (χ0) is 70.0. The van der Waals surface area contributed by atoms with Crippen LogP contribution in [0.5, 0.6) is 0 Å². The Morgan fingerprint density at radius 3 is 0.990 bits per heavy atom. The van der Waals surface area contributed by atoms with Crippen molar-refractivity contribution in [2.45, 2.75) is 392 Å². The molecule has 0 aromatic rings. The molecule has 0 saturated carbocycles. The molecule has 566 valence electrons. The summed E-state index contributed by atoms with van der Waals surface area (Å²) in [5.41, 5.74) is 0. The maximum Gasteiger partial charge on any atom is 0.472 e. The van der Waals surface area contributed by atoms with Crippen LogP contribution in [0.2, 0.25) is 0 Å². The number of phosphoric acid groups is 2. The first-order chi connectivity index (χ1) is 46.9. The number of esters is 2. The second-order valence-electron chi connectivity index (χ2n) is 26.9. The molecule has 17 nitrogen and oxygen atoms in total. The molecule has 5 atom stereocenters. The van der Waals surface area contributed by atoms with Gasteiger partial charge in [0.1, 0.15) is 31.4 Å². The Balaban J connectivity index is 5.14. The van der Waals surface area contributed by atoms with Gasteiger partial charge in [-0.25, -0.2) is 9.13 Å². The van der Waals surface area contributed by atoms with Crippen LogP contribution in [-0.4, -0.2) is 111 Å². The van der Waals surface area contributed by atoms with Crippen LogP contribution in [0.3, 0.4) is 0 Å².